The van der Waals surface area contributed by atoms with Crippen molar-refractivity contribution in [2.45, 2.75) is 111 Å². The first-order chi connectivity index (χ1) is 13.5. The van der Waals surface area contributed by atoms with Crippen LogP contribution in [0.2, 0.25) is 0 Å². The largest absolute Gasteiger partial charge is 0.392 e. The second-order valence-corrected chi connectivity index (χ2v) is 11.0. The van der Waals surface area contributed by atoms with E-state index in [1.165, 1.54) is 82.8 Å². The summed E-state index contributed by atoms with van der Waals surface area (Å²) in [6.45, 7) is 9.59. The first-order valence-corrected chi connectivity index (χ1v) is 12.1. The van der Waals surface area contributed by atoms with Crippen LogP contribution in [0.1, 0.15) is 105 Å². The van der Waals surface area contributed by atoms with E-state index in [2.05, 4.69) is 31.7 Å². The van der Waals surface area contributed by atoms with Crippen LogP contribution in [0.4, 0.5) is 0 Å². The van der Waals surface area contributed by atoms with Gasteiger partial charge in [0.15, 0.2) is 0 Å². The van der Waals surface area contributed by atoms with Gasteiger partial charge in [0, 0.05) is 0 Å². The average molecular weight is 398 g/mol. The van der Waals surface area contributed by atoms with Gasteiger partial charge in [-0.1, -0.05) is 50.6 Å². The molecule has 5 aliphatic rings. The van der Waals surface area contributed by atoms with Crippen LogP contribution in [0.3, 0.4) is 0 Å². The van der Waals surface area contributed by atoms with Crippen LogP contribution in [-0.4, -0.2) is 11.8 Å². The van der Waals surface area contributed by atoms with Crippen molar-refractivity contribution in [2.75, 3.05) is 0 Å². The monoisotopic (exact) mass is 397 g/mol. The molecule has 29 heavy (non-hydrogen) atoms. The van der Waals surface area contributed by atoms with Crippen LogP contribution in [0.25, 0.3) is 0 Å². The molecule has 0 amide bonds. The van der Waals surface area contributed by atoms with Gasteiger partial charge in [-0.25, -0.2) is 0 Å². The lowest BCUT2D eigenvalue weighted by atomic mass is 9.47. The summed E-state index contributed by atoms with van der Waals surface area (Å²) >= 11 is 0. The lowest BCUT2D eigenvalue weighted by molar-refractivity contribution is -0.0229. The fourth-order valence-corrected chi connectivity index (χ4v) is 7.86. The Morgan fingerprint density at radius 1 is 0.897 bits per heavy atom. The maximum atomic E-state index is 5.96. The Kier molecular flexibility index (Phi) is 5.77. The third-order valence-corrected chi connectivity index (χ3v) is 9.80. The molecule has 0 heterocycles. The van der Waals surface area contributed by atoms with Gasteiger partial charge < -0.3 is 4.84 Å². The molecular weight excluding hydrogens is 354 g/mol. The highest BCUT2D eigenvalue weighted by atomic mass is 16.6. The molecule has 0 aliphatic heterocycles. The molecule has 0 aromatic heterocycles. The molecule has 162 valence electrons. The molecule has 0 bridgehead atoms. The van der Waals surface area contributed by atoms with E-state index in [1.54, 1.807) is 11.1 Å². The minimum Gasteiger partial charge on any atom is -0.392 e. The van der Waals surface area contributed by atoms with Crippen LogP contribution in [0.5, 0.6) is 0 Å². The van der Waals surface area contributed by atoms with Crippen molar-refractivity contribution in [1.29, 1.82) is 0 Å². The van der Waals surface area contributed by atoms with Crippen molar-refractivity contribution in [3.05, 3.63) is 23.8 Å². The zero-order valence-electron chi connectivity index (χ0n) is 18.1. The highest BCUT2D eigenvalue weighted by molar-refractivity contribution is 5.96. The summed E-state index contributed by atoms with van der Waals surface area (Å²) in [6.07, 6.45) is 19.7. The van der Waals surface area contributed by atoms with Crippen LogP contribution >= 0.6 is 0 Å². The van der Waals surface area contributed by atoms with Gasteiger partial charge in [-0.2, -0.15) is 0 Å². The normalized spacial score (nSPS) is 43.7. The van der Waals surface area contributed by atoms with Crippen molar-refractivity contribution in [2.24, 2.45) is 33.7 Å². The number of fused-ring (bicyclic) bond motifs is 5. The molecule has 2 heteroatoms. The average Bonchev–Trinajstić information content (AvgIpc) is 3.02. The molecule has 0 spiro atoms. The van der Waals surface area contributed by atoms with Crippen molar-refractivity contribution in [3.63, 3.8) is 0 Å². The van der Waals surface area contributed by atoms with Gasteiger partial charge in [-0.15, -0.1) is 0 Å². The number of hydrogen-bond acceptors (Lipinski definition) is 2. The summed E-state index contributed by atoms with van der Waals surface area (Å²) in [5, 5.41) is 4.64. The molecule has 5 atom stereocenters. The first kappa shape index (κ1) is 21.2. The van der Waals surface area contributed by atoms with Crippen LogP contribution in [-0.2, 0) is 4.84 Å². The molecular formula is C27H43NO. The van der Waals surface area contributed by atoms with Crippen LogP contribution < -0.4 is 0 Å². The minimum atomic E-state index is 0. The Morgan fingerprint density at radius 2 is 1.66 bits per heavy atom. The van der Waals surface area contributed by atoms with Gasteiger partial charge in [0.1, 0.15) is 6.10 Å². The summed E-state index contributed by atoms with van der Waals surface area (Å²) in [5.41, 5.74) is 5.30. The lowest BCUT2D eigenvalue weighted by Crippen LogP contribution is -2.49. The molecule has 4 saturated carbocycles. The molecule has 3 unspecified atom stereocenters. The summed E-state index contributed by atoms with van der Waals surface area (Å²) in [6, 6.07) is 0. The van der Waals surface area contributed by atoms with Crippen LogP contribution in [0.15, 0.2) is 29.0 Å². The maximum Gasteiger partial charge on any atom is 0.127 e. The smallest absolute Gasteiger partial charge is 0.127 e. The predicted molar refractivity (Wildman–Crippen MR) is 123 cm³/mol. The van der Waals surface area contributed by atoms with E-state index >= 15 is 0 Å². The lowest BCUT2D eigenvalue weighted by Gasteiger charge is -2.57. The highest BCUT2D eigenvalue weighted by Crippen LogP contribution is 2.66. The molecule has 2 nitrogen and oxygen atoms in total. The van der Waals surface area contributed by atoms with Gasteiger partial charge in [0.05, 0.1) is 5.71 Å². The van der Waals surface area contributed by atoms with Crippen molar-refractivity contribution in [3.8, 4) is 0 Å². The first-order valence-electron chi connectivity index (χ1n) is 12.1. The Morgan fingerprint density at radius 3 is 2.45 bits per heavy atom. The quantitative estimate of drug-likeness (QED) is 0.343. The molecule has 0 aromatic carbocycles. The number of hydrogen-bond donors (Lipinski definition) is 0. The zero-order chi connectivity index (χ0) is 19.4. The van der Waals surface area contributed by atoms with E-state index in [0.717, 1.165) is 24.2 Å². The molecule has 0 N–H and O–H groups in total. The summed E-state index contributed by atoms with van der Waals surface area (Å²) in [4.78, 5) is 5.96. The van der Waals surface area contributed by atoms with Crippen molar-refractivity contribution < 1.29 is 4.84 Å². The molecule has 5 aliphatic carbocycles. The molecule has 0 aromatic rings. The highest BCUT2D eigenvalue weighted by Gasteiger charge is 2.57. The second kappa shape index (κ2) is 7.89. The maximum absolute atomic E-state index is 5.96. The fraction of sp³-hybridized carbons (Fsp3) is 0.815. The van der Waals surface area contributed by atoms with E-state index in [1.807, 2.05) is 0 Å². The molecule has 0 radical (unpaired) electrons. The number of nitrogens with zero attached hydrogens (tertiary/aromatic N) is 1. The van der Waals surface area contributed by atoms with E-state index in [9.17, 15) is 0 Å². The minimum absolute atomic E-state index is 0. The van der Waals surface area contributed by atoms with E-state index in [-0.39, 0.29) is 7.43 Å². The fourth-order valence-electron chi connectivity index (χ4n) is 7.86. The third-order valence-electron chi connectivity index (χ3n) is 9.80. The Labute approximate surface area is 179 Å². The summed E-state index contributed by atoms with van der Waals surface area (Å²) < 4.78 is 0. The van der Waals surface area contributed by atoms with Gasteiger partial charge in [0.25, 0.3) is 0 Å². The number of rotatable bonds is 2. The van der Waals surface area contributed by atoms with E-state index in [0.29, 0.717) is 16.9 Å². The van der Waals surface area contributed by atoms with Gasteiger partial charge in [-0.05, 0) is 112 Å². The van der Waals surface area contributed by atoms with Gasteiger partial charge in [-0.3, -0.25) is 0 Å². The Bertz CT molecular complexity index is 699. The van der Waals surface area contributed by atoms with Gasteiger partial charge >= 0.3 is 0 Å². The molecule has 5 rings (SSSR count). The van der Waals surface area contributed by atoms with E-state index < -0.39 is 0 Å². The van der Waals surface area contributed by atoms with Gasteiger partial charge in [0.2, 0.25) is 0 Å². The number of allylic oxidation sites excluding steroid dienone is 3. The summed E-state index contributed by atoms with van der Waals surface area (Å²) in [5.74, 6) is 2.68. The summed E-state index contributed by atoms with van der Waals surface area (Å²) in [7, 11) is 0. The molecule has 0 saturated heterocycles. The standard InChI is InChI=1S/C26H39NO.CH4/c1-18-9-12-23-22-11-10-19-17-20(27-28-21-7-5-4-6-8-21)13-15-26(19,3)24(22)14-16-25(18,23)2;/h17,21-24H,1,4-16H2,2-3H3;1H4/t22?,23?,24?,25-,26+;/m1./s1. The van der Waals surface area contributed by atoms with Crippen molar-refractivity contribution >= 4 is 5.71 Å². The zero-order valence-corrected chi connectivity index (χ0v) is 18.1. The number of oxime groups is 1. The topological polar surface area (TPSA) is 21.6 Å². The predicted octanol–water partition coefficient (Wildman–Crippen LogP) is 7.85. The van der Waals surface area contributed by atoms with E-state index in [4.69, 9.17) is 4.84 Å². The third kappa shape index (κ3) is 3.43. The molecule has 4 fully saturated rings. The Hall–Kier alpha value is -1.05. The van der Waals surface area contributed by atoms with Crippen molar-refractivity contribution in [1.82, 2.24) is 0 Å². The SMILES string of the molecule is C.C=C1CCC2C3CCC4=CC(=NOC5CCCCC5)CC[C@]4(C)C3CC[C@]12C. The second-order valence-electron chi connectivity index (χ2n) is 11.0. The van der Waals surface area contributed by atoms with Crippen LogP contribution in [0, 0.1) is 28.6 Å². The Balaban J connectivity index is 0.00000205.